The number of aromatic nitrogens is 3. The molecule has 246 valence electrons. The number of hydrogen-bond donors (Lipinski definition) is 1. The van der Waals surface area contributed by atoms with Gasteiger partial charge in [-0.2, -0.15) is 44.5 Å². The van der Waals surface area contributed by atoms with Crippen molar-refractivity contribution in [3.63, 3.8) is 0 Å². The minimum atomic E-state index is -5.09. The first kappa shape index (κ1) is 32.8. The van der Waals surface area contributed by atoms with E-state index in [9.17, 15) is 44.3 Å². The molecule has 8 nitrogen and oxygen atoms in total. The van der Waals surface area contributed by atoms with Crippen molar-refractivity contribution in [3.05, 3.63) is 65.0 Å². The van der Waals surface area contributed by atoms with Gasteiger partial charge in [-0.3, -0.25) is 0 Å². The van der Waals surface area contributed by atoms with Gasteiger partial charge >= 0.3 is 24.6 Å². The van der Waals surface area contributed by atoms with Crippen LogP contribution >= 0.6 is 0 Å². The van der Waals surface area contributed by atoms with Gasteiger partial charge < -0.3 is 19.6 Å². The standard InChI is InChI=1S/C29H25F9N6O2/c1-2-5-21-40-24(22-23(42-46-25(22)41-21)16-6-3-7-17(12-16)27(30,31)32)43-8-4-9-44(11-10-43)26(45)39-20-14-18(28(33,34)35)13-19(15-20)29(36,37)38/h3,6-7,12-15H,2,4-5,8-11H2,1H3,(H,39,45). The van der Waals surface area contributed by atoms with Crippen molar-refractivity contribution in [1.82, 2.24) is 20.0 Å². The fourth-order valence-corrected chi connectivity index (χ4v) is 5.05. The lowest BCUT2D eigenvalue weighted by Crippen LogP contribution is -2.38. The summed E-state index contributed by atoms with van der Waals surface area (Å²) >= 11 is 0. The molecule has 2 aromatic carbocycles. The predicted molar refractivity (Wildman–Crippen MR) is 148 cm³/mol. The van der Waals surface area contributed by atoms with Crippen LogP contribution in [-0.2, 0) is 24.9 Å². The number of aryl methyl sites for hydroxylation is 1. The second-order valence-electron chi connectivity index (χ2n) is 10.6. The van der Waals surface area contributed by atoms with Crippen LogP contribution in [0.15, 0.2) is 47.0 Å². The zero-order valence-corrected chi connectivity index (χ0v) is 23.9. The summed E-state index contributed by atoms with van der Waals surface area (Å²) in [4.78, 5) is 25.1. The largest absolute Gasteiger partial charge is 0.416 e. The smallest absolute Gasteiger partial charge is 0.354 e. The Hall–Kier alpha value is -4.57. The molecule has 4 aromatic rings. The highest BCUT2D eigenvalue weighted by Crippen LogP contribution is 2.39. The first-order valence-corrected chi connectivity index (χ1v) is 14.0. The summed E-state index contributed by atoms with van der Waals surface area (Å²) in [6.45, 7) is 2.36. The number of nitrogens with one attached hydrogen (secondary N) is 1. The lowest BCUT2D eigenvalue weighted by atomic mass is 10.1. The third-order valence-corrected chi connectivity index (χ3v) is 7.22. The van der Waals surface area contributed by atoms with Crippen molar-refractivity contribution in [2.24, 2.45) is 0 Å². The molecule has 0 radical (unpaired) electrons. The van der Waals surface area contributed by atoms with Gasteiger partial charge in [-0.05, 0) is 43.2 Å². The molecule has 1 aliphatic heterocycles. The molecule has 3 heterocycles. The van der Waals surface area contributed by atoms with E-state index >= 15 is 0 Å². The van der Waals surface area contributed by atoms with E-state index in [4.69, 9.17) is 4.52 Å². The Morgan fingerprint density at radius 3 is 2.15 bits per heavy atom. The van der Waals surface area contributed by atoms with Crippen molar-refractivity contribution in [2.45, 2.75) is 44.7 Å². The number of rotatable bonds is 5. The van der Waals surface area contributed by atoms with Crippen molar-refractivity contribution in [3.8, 4) is 11.3 Å². The van der Waals surface area contributed by atoms with Gasteiger partial charge in [0, 0.05) is 43.9 Å². The molecule has 1 aliphatic rings. The van der Waals surface area contributed by atoms with E-state index in [1.807, 2.05) is 6.92 Å². The minimum Gasteiger partial charge on any atom is -0.354 e. The highest BCUT2D eigenvalue weighted by Gasteiger charge is 2.37. The van der Waals surface area contributed by atoms with Crippen LogP contribution in [0.1, 0.15) is 42.3 Å². The Balaban J connectivity index is 1.43. The second kappa shape index (κ2) is 12.3. The fourth-order valence-electron chi connectivity index (χ4n) is 5.05. The summed E-state index contributed by atoms with van der Waals surface area (Å²) in [6.07, 6.45) is -13.4. The molecule has 1 saturated heterocycles. The van der Waals surface area contributed by atoms with Crippen molar-refractivity contribution in [1.29, 1.82) is 0 Å². The Morgan fingerprint density at radius 2 is 1.52 bits per heavy atom. The van der Waals surface area contributed by atoms with Gasteiger partial charge in [0.05, 0.1) is 16.7 Å². The number of hydrogen-bond acceptors (Lipinski definition) is 6. The molecule has 5 rings (SSSR count). The van der Waals surface area contributed by atoms with Crippen LogP contribution in [0.4, 0.5) is 55.8 Å². The molecule has 0 unspecified atom stereocenters. The molecule has 0 bridgehead atoms. The fraction of sp³-hybridized carbons (Fsp3) is 0.379. The van der Waals surface area contributed by atoms with Crippen LogP contribution in [0, 0.1) is 0 Å². The number of carbonyl (C=O) groups is 1. The number of amides is 2. The third kappa shape index (κ3) is 7.12. The van der Waals surface area contributed by atoms with Crippen LogP contribution in [-0.4, -0.2) is 52.2 Å². The molecule has 17 heteroatoms. The number of benzene rings is 2. The molecule has 2 amide bonds. The Kier molecular flexibility index (Phi) is 8.79. The number of carbonyl (C=O) groups excluding carboxylic acids is 1. The van der Waals surface area contributed by atoms with E-state index in [-0.39, 0.29) is 54.6 Å². The maximum absolute atomic E-state index is 13.4. The molecule has 0 atom stereocenters. The molecule has 0 spiro atoms. The van der Waals surface area contributed by atoms with Crippen LogP contribution in [0.25, 0.3) is 22.4 Å². The van der Waals surface area contributed by atoms with Crippen molar-refractivity contribution in [2.75, 3.05) is 36.4 Å². The van der Waals surface area contributed by atoms with E-state index in [1.165, 1.54) is 17.0 Å². The van der Waals surface area contributed by atoms with E-state index < -0.39 is 46.9 Å². The summed E-state index contributed by atoms with van der Waals surface area (Å²) in [5.41, 5.74) is -4.48. The number of nitrogens with zero attached hydrogens (tertiary/aromatic N) is 5. The van der Waals surface area contributed by atoms with Crippen molar-refractivity contribution >= 4 is 28.6 Å². The van der Waals surface area contributed by atoms with Gasteiger partial charge in [0.2, 0.25) is 0 Å². The van der Waals surface area contributed by atoms with Gasteiger partial charge in [-0.1, -0.05) is 24.2 Å². The normalized spacial score (nSPS) is 14.9. The van der Waals surface area contributed by atoms with Crippen LogP contribution < -0.4 is 10.2 Å². The monoisotopic (exact) mass is 660 g/mol. The van der Waals surface area contributed by atoms with Gasteiger partial charge in [-0.25, -0.2) is 9.78 Å². The molecular weight excluding hydrogens is 635 g/mol. The number of urea groups is 1. The summed E-state index contributed by atoms with van der Waals surface area (Å²) < 4.78 is 126. The zero-order chi connectivity index (χ0) is 33.4. The van der Waals surface area contributed by atoms with E-state index in [1.54, 1.807) is 4.90 Å². The van der Waals surface area contributed by atoms with Gasteiger partial charge in [-0.15, -0.1) is 0 Å². The van der Waals surface area contributed by atoms with Gasteiger partial charge in [0.25, 0.3) is 5.71 Å². The second-order valence-corrected chi connectivity index (χ2v) is 10.6. The third-order valence-electron chi connectivity index (χ3n) is 7.22. The Bertz CT molecular complexity index is 1700. The average Bonchev–Trinajstić information content (AvgIpc) is 3.24. The SMILES string of the molecule is CCCc1nc(N2CCCN(C(=O)Nc3cc(C(F)(F)F)cc(C(F)(F)F)c3)CC2)c2c(-c3cccc(C(F)(F)F)c3)noc2n1. The minimum absolute atomic E-state index is 0.0182. The van der Waals surface area contributed by atoms with Crippen LogP contribution in [0.3, 0.4) is 0 Å². The van der Waals surface area contributed by atoms with E-state index in [0.29, 0.717) is 43.0 Å². The lowest BCUT2D eigenvalue weighted by molar-refractivity contribution is -0.143. The summed E-state index contributed by atoms with van der Waals surface area (Å²) in [5.74, 6) is 0.692. The Labute approximate surface area is 255 Å². The first-order valence-electron chi connectivity index (χ1n) is 14.0. The summed E-state index contributed by atoms with van der Waals surface area (Å²) in [7, 11) is 0. The molecule has 1 fully saturated rings. The van der Waals surface area contributed by atoms with E-state index in [0.717, 1.165) is 12.1 Å². The van der Waals surface area contributed by atoms with Crippen LogP contribution in [0.5, 0.6) is 0 Å². The molecular formula is C29H25F9N6O2. The van der Waals surface area contributed by atoms with Gasteiger partial charge in [0.1, 0.15) is 22.7 Å². The highest BCUT2D eigenvalue weighted by molar-refractivity contribution is 5.98. The summed E-state index contributed by atoms with van der Waals surface area (Å²) in [6, 6.07) is 4.40. The number of anilines is 2. The number of alkyl halides is 9. The predicted octanol–water partition coefficient (Wildman–Crippen LogP) is 8.04. The number of halogens is 9. The quantitative estimate of drug-likeness (QED) is 0.218. The highest BCUT2D eigenvalue weighted by atomic mass is 19.4. The van der Waals surface area contributed by atoms with Crippen LogP contribution in [0.2, 0.25) is 0 Å². The lowest BCUT2D eigenvalue weighted by Gasteiger charge is -2.24. The molecule has 2 aromatic heterocycles. The maximum atomic E-state index is 13.4. The number of fused-ring (bicyclic) bond motifs is 1. The summed E-state index contributed by atoms with van der Waals surface area (Å²) in [5, 5.41) is 6.40. The molecule has 0 aliphatic carbocycles. The maximum Gasteiger partial charge on any atom is 0.416 e. The van der Waals surface area contributed by atoms with E-state index in [2.05, 4.69) is 20.4 Å². The van der Waals surface area contributed by atoms with Gasteiger partial charge in [0.15, 0.2) is 0 Å². The van der Waals surface area contributed by atoms with Crippen molar-refractivity contribution < 1.29 is 48.8 Å². The molecule has 1 N–H and O–H groups in total. The molecule has 0 saturated carbocycles. The molecule has 46 heavy (non-hydrogen) atoms. The average molecular weight is 661 g/mol. The zero-order valence-electron chi connectivity index (χ0n) is 23.9. The Morgan fingerprint density at radius 1 is 0.848 bits per heavy atom. The topological polar surface area (TPSA) is 87.4 Å². The first-order chi connectivity index (χ1) is 21.5.